The Morgan fingerprint density at radius 3 is 2.63 bits per heavy atom. The van der Waals surface area contributed by atoms with Crippen LogP contribution in [-0.2, 0) is 6.42 Å². The summed E-state index contributed by atoms with van der Waals surface area (Å²) in [5.41, 5.74) is 0.896. The fraction of sp³-hybridized carbons (Fsp3) is 0.500. The van der Waals surface area contributed by atoms with E-state index in [0.717, 1.165) is 5.69 Å². The Morgan fingerprint density at radius 2 is 2.05 bits per heavy atom. The molecule has 0 bridgehead atoms. The first-order valence-corrected chi connectivity index (χ1v) is 6.48. The van der Waals surface area contributed by atoms with Gasteiger partial charge in [0.15, 0.2) is 5.82 Å². The van der Waals surface area contributed by atoms with Crippen molar-refractivity contribution in [2.24, 2.45) is 5.92 Å². The fourth-order valence-electron chi connectivity index (χ4n) is 2.19. The SMILES string of the molecule is CC(C)C(c1nc(Cc2ccccn2)no1)C(C)O. The third-order valence-electron chi connectivity index (χ3n) is 3.07. The van der Waals surface area contributed by atoms with Crippen LogP contribution >= 0.6 is 0 Å². The van der Waals surface area contributed by atoms with Crippen LogP contribution in [0.25, 0.3) is 0 Å². The number of rotatable bonds is 5. The van der Waals surface area contributed by atoms with E-state index >= 15 is 0 Å². The minimum atomic E-state index is -0.511. The van der Waals surface area contributed by atoms with Crippen molar-refractivity contribution in [3.8, 4) is 0 Å². The maximum Gasteiger partial charge on any atom is 0.232 e. The third-order valence-corrected chi connectivity index (χ3v) is 3.07. The Balaban J connectivity index is 2.14. The molecule has 5 nitrogen and oxygen atoms in total. The van der Waals surface area contributed by atoms with E-state index in [1.807, 2.05) is 32.0 Å². The molecule has 2 atom stereocenters. The van der Waals surface area contributed by atoms with Crippen LogP contribution in [-0.4, -0.2) is 26.3 Å². The molecular formula is C14H19N3O2. The van der Waals surface area contributed by atoms with E-state index in [0.29, 0.717) is 18.1 Å². The molecule has 0 amide bonds. The van der Waals surface area contributed by atoms with Crippen LogP contribution in [0.4, 0.5) is 0 Å². The molecule has 2 aromatic rings. The molecule has 19 heavy (non-hydrogen) atoms. The minimum absolute atomic E-state index is 0.134. The normalized spacial score (nSPS) is 14.6. The number of pyridine rings is 1. The Morgan fingerprint density at radius 1 is 1.26 bits per heavy atom. The molecule has 0 saturated carbocycles. The van der Waals surface area contributed by atoms with E-state index in [9.17, 15) is 5.11 Å². The van der Waals surface area contributed by atoms with Gasteiger partial charge in [0.2, 0.25) is 5.89 Å². The molecule has 2 unspecified atom stereocenters. The molecule has 1 N–H and O–H groups in total. The lowest BCUT2D eigenvalue weighted by Crippen LogP contribution is -2.20. The van der Waals surface area contributed by atoms with Gasteiger partial charge in [-0.1, -0.05) is 25.1 Å². The molecule has 0 spiro atoms. The molecule has 102 valence electrons. The van der Waals surface area contributed by atoms with Gasteiger partial charge in [-0.3, -0.25) is 4.98 Å². The van der Waals surface area contributed by atoms with Crippen LogP contribution in [0, 0.1) is 5.92 Å². The second-order valence-electron chi connectivity index (χ2n) is 5.06. The van der Waals surface area contributed by atoms with Gasteiger partial charge in [0.05, 0.1) is 18.4 Å². The quantitative estimate of drug-likeness (QED) is 0.893. The maximum absolute atomic E-state index is 9.79. The lowest BCUT2D eigenvalue weighted by atomic mass is 9.91. The average molecular weight is 261 g/mol. The van der Waals surface area contributed by atoms with Crippen molar-refractivity contribution in [1.29, 1.82) is 0 Å². The van der Waals surface area contributed by atoms with E-state index in [2.05, 4.69) is 15.1 Å². The van der Waals surface area contributed by atoms with Crippen LogP contribution in [0.2, 0.25) is 0 Å². The summed E-state index contributed by atoms with van der Waals surface area (Å²) in [6.45, 7) is 5.80. The summed E-state index contributed by atoms with van der Waals surface area (Å²) in [6.07, 6.45) is 1.76. The molecule has 0 aromatic carbocycles. The lowest BCUT2D eigenvalue weighted by molar-refractivity contribution is 0.120. The summed E-state index contributed by atoms with van der Waals surface area (Å²) in [6, 6.07) is 5.72. The summed E-state index contributed by atoms with van der Waals surface area (Å²) >= 11 is 0. The molecule has 0 radical (unpaired) electrons. The van der Waals surface area contributed by atoms with E-state index in [-0.39, 0.29) is 11.8 Å². The highest BCUT2D eigenvalue weighted by molar-refractivity contribution is 5.10. The number of hydrogen-bond acceptors (Lipinski definition) is 5. The predicted molar refractivity (Wildman–Crippen MR) is 70.6 cm³/mol. The molecule has 5 heteroatoms. The minimum Gasteiger partial charge on any atom is -0.393 e. The zero-order valence-electron chi connectivity index (χ0n) is 11.4. The number of aliphatic hydroxyl groups excluding tert-OH is 1. The highest BCUT2D eigenvalue weighted by Gasteiger charge is 2.27. The molecule has 0 aliphatic heterocycles. The van der Waals surface area contributed by atoms with Crippen molar-refractivity contribution in [2.75, 3.05) is 0 Å². The topological polar surface area (TPSA) is 72.0 Å². The zero-order chi connectivity index (χ0) is 13.8. The second kappa shape index (κ2) is 5.93. The first-order chi connectivity index (χ1) is 9.08. The number of aromatic nitrogens is 3. The first-order valence-electron chi connectivity index (χ1n) is 6.48. The molecule has 0 fully saturated rings. The van der Waals surface area contributed by atoms with Crippen LogP contribution in [0.3, 0.4) is 0 Å². The highest BCUT2D eigenvalue weighted by atomic mass is 16.5. The van der Waals surface area contributed by atoms with Crippen molar-refractivity contribution in [1.82, 2.24) is 15.1 Å². The maximum atomic E-state index is 9.79. The van der Waals surface area contributed by atoms with Gasteiger partial charge in [-0.25, -0.2) is 0 Å². The van der Waals surface area contributed by atoms with Gasteiger partial charge >= 0.3 is 0 Å². The van der Waals surface area contributed by atoms with Crippen LogP contribution in [0.1, 0.15) is 44.1 Å². The number of aliphatic hydroxyl groups is 1. The Kier molecular flexibility index (Phi) is 4.27. The zero-order valence-corrected chi connectivity index (χ0v) is 11.4. The molecule has 0 saturated heterocycles. The van der Waals surface area contributed by atoms with Gasteiger partial charge in [-0.15, -0.1) is 0 Å². The highest BCUT2D eigenvalue weighted by Crippen LogP contribution is 2.26. The smallest absolute Gasteiger partial charge is 0.232 e. The van der Waals surface area contributed by atoms with E-state index in [4.69, 9.17) is 4.52 Å². The van der Waals surface area contributed by atoms with E-state index in [1.54, 1.807) is 13.1 Å². The molecule has 2 rings (SSSR count). The molecule has 0 aliphatic rings. The Labute approximate surface area is 112 Å². The van der Waals surface area contributed by atoms with Gasteiger partial charge in [-0.2, -0.15) is 4.98 Å². The standard InChI is InChI=1S/C14H19N3O2/c1-9(2)13(10(3)18)14-16-12(17-19-14)8-11-6-4-5-7-15-11/h4-7,9-10,13,18H,8H2,1-3H3. The van der Waals surface area contributed by atoms with Crippen molar-refractivity contribution >= 4 is 0 Å². The fourth-order valence-corrected chi connectivity index (χ4v) is 2.19. The Bertz CT molecular complexity index is 500. The average Bonchev–Trinajstić information content (AvgIpc) is 2.77. The van der Waals surface area contributed by atoms with Crippen molar-refractivity contribution in [3.63, 3.8) is 0 Å². The van der Waals surface area contributed by atoms with Gasteiger partial charge < -0.3 is 9.63 Å². The monoisotopic (exact) mass is 261 g/mol. The lowest BCUT2D eigenvalue weighted by Gasteiger charge is -2.19. The number of nitrogens with zero attached hydrogens (tertiary/aromatic N) is 3. The second-order valence-corrected chi connectivity index (χ2v) is 5.06. The van der Waals surface area contributed by atoms with Gasteiger partial charge in [0.1, 0.15) is 0 Å². The molecular weight excluding hydrogens is 242 g/mol. The largest absolute Gasteiger partial charge is 0.393 e. The molecule has 2 heterocycles. The summed E-state index contributed by atoms with van der Waals surface area (Å²) < 4.78 is 5.27. The van der Waals surface area contributed by atoms with Crippen LogP contribution in [0.5, 0.6) is 0 Å². The summed E-state index contributed by atoms with van der Waals surface area (Å²) in [5, 5.41) is 13.8. The summed E-state index contributed by atoms with van der Waals surface area (Å²) in [5.74, 6) is 1.20. The van der Waals surface area contributed by atoms with Crippen LogP contribution in [0.15, 0.2) is 28.9 Å². The van der Waals surface area contributed by atoms with Crippen molar-refractivity contribution in [3.05, 3.63) is 41.8 Å². The van der Waals surface area contributed by atoms with E-state index in [1.165, 1.54) is 0 Å². The third kappa shape index (κ3) is 3.38. The van der Waals surface area contributed by atoms with Gasteiger partial charge in [0, 0.05) is 11.9 Å². The summed E-state index contributed by atoms with van der Waals surface area (Å²) in [7, 11) is 0. The molecule has 2 aromatic heterocycles. The van der Waals surface area contributed by atoms with Gasteiger partial charge in [-0.05, 0) is 25.0 Å². The summed E-state index contributed by atoms with van der Waals surface area (Å²) in [4.78, 5) is 8.60. The Hall–Kier alpha value is -1.75. The van der Waals surface area contributed by atoms with Crippen molar-refractivity contribution < 1.29 is 9.63 Å². The van der Waals surface area contributed by atoms with Crippen molar-refractivity contribution in [2.45, 2.75) is 39.2 Å². The molecule has 0 aliphatic carbocycles. The predicted octanol–water partition coefficient (Wildman–Crippen LogP) is 2.18. The van der Waals surface area contributed by atoms with Gasteiger partial charge in [0.25, 0.3) is 0 Å². The number of hydrogen-bond donors (Lipinski definition) is 1. The van der Waals surface area contributed by atoms with E-state index < -0.39 is 6.10 Å². The first kappa shape index (κ1) is 13.7. The van der Waals surface area contributed by atoms with Crippen LogP contribution < -0.4 is 0 Å².